The topological polar surface area (TPSA) is 185 Å². The van der Waals surface area contributed by atoms with E-state index in [0.29, 0.717) is 19.3 Å². The lowest BCUT2D eigenvalue weighted by atomic mass is 9.74. The van der Waals surface area contributed by atoms with E-state index in [1.54, 1.807) is 41.5 Å². The molecule has 276 valence electrons. The van der Waals surface area contributed by atoms with E-state index < -0.39 is 84.5 Å². The summed E-state index contributed by atoms with van der Waals surface area (Å²) in [4.78, 5) is 68.6. The lowest BCUT2D eigenvalue weighted by Crippen LogP contribution is -2.64. The summed E-state index contributed by atoms with van der Waals surface area (Å²) in [5.74, 6) is -0.917. The number of urea groups is 1. The van der Waals surface area contributed by atoms with Crippen molar-refractivity contribution in [3.8, 4) is 12.3 Å². The molecule has 0 bridgehead atoms. The molecule has 1 aliphatic heterocycles. The van der Waals surface area contributed by atoms with E-state index in [-0.39, 0.29) is 24.6 Å². The zero-order valence-corrected chi connectivity index (χ0v) is 31.6. The molecular formula is C36H59N5O7S. The standard InChI is InChI=1S/C36H59N5O7S/c1-10-35(8,9)24-17-20-41(26(24)30(44)38-25(27(42)29(37)43)21-23-15-14-16-23)31(45)28(33(2,3)4)39-32(46)40-36(18-12-11-13-19-36)22-49(47,48)34(5,6)7/h1,23-26,28H,11-22H2,2-9H3,(H2,37,43)(H,38,44)(H2,39,40,46)/t24-,25?,26-,28+/m0/s1. The summed E-state index contributed by atoms with van der Waals surface area (Å²) in [6, 6.07) is -3.97. The Hall–Kier alpha value is -3.14. The zero-order chi connectivity index (χ0) is 37.2. The van der Waals surface area contributed by atoms with Crippen LogP contribution in [0.4, 0.5) is 4.79 Å². The van der Waals surface area contributed by atoms with Crippen LogP contribution in [0.25, 0.3) is 0 Å². The number of rotatable bonds is 12. The fourth-order valence-electron chi connectivity index (χ4n) is 7.29. The van der Waals surface area contributed by atoms with Gasteiger partial charge in [0.25, 0.3) is 5.91 Å². The van der Waals surface area contributed by atoms with Gasteiger partial charge in [-0.1, -0.05) is 59.3 Å². The van der Waals surface area contributed by atoms with Crippen molar-refractivity contribution in [3.63, 3.8) is 0 Å². The van der Waals surface area contributed by atoms with Gasteiger partial charge in [-0.2, -0.15) is 0 Å². The maximum absolute atomic E-state index is 14.5. The number of terminal acetylenes is 1. The van der Waals surface area contributed by atoms with Crippen molar-refractivity contribution >= 4 is 39.4 Å². The molecular weight excluding hydrogens is 646 g/mol. The van der Waals surface area contributed by atoms with Gasteiger partial charge in [0.15, 0.2) is 9.84 Å². The van der Waals surface area contributed by atoms with Gasteiger partial charge in [-0.25, -0.2) is 13.2 Å². The number of carbonyl (C=O) groups excluding carboxylic acids is 5. The predicted octanol–water partition coefficient (Wildman–Crippen LogP) is 3.22. The van der Waals surface area contributed by atoms with Gasteiger partial charge < -0.3 is 26.6 Å². The summed E-state index contributed by atoms with van der Waals surface area (Å²) in [6.45, 7) is 14.1. The number of sulfone groups is 1. The summed E-state index contributed by atoms with van der Waals surface area (Å²) < 4.78 is 25.6. The number of Topliss-reactive ketones (excluding diaryl/α,β-unsaturated/α-hetero) is 1. The predicted molar refractivity (Wildman–Crippen MR) is 189 cm³/mol. The largest absolute Gasteiger partial charge is 0.363 e. The van der Waals surface area contributed by atoms with E-state index in [1.807, 2.05) is 13.8 Å². The summed E-state index contributed by atoms with van der Waals surface area (Å²) in [6.07, 6.45) is 12.8. The molecule has 1 saturated heterocycles. The molecule has 2 aliphatic carbocycles. The second kappa shape index (κ2) is 15.0. The number of hydrogen-bond donors (Lipinski definition) is 4. The van der Waals surface area contributed by atoms with Crippen LogP contribution in [-0.2, 0) is 29.0 Å². The van der Waals surface area contributed by atoms with Crippen LogP contribution >= 0.6 is 0 Å². The lowest BCUT2D eigenvalue weighted by Gasteiger charge is -2.41. The SMILES string of the molecule is C#CC(C)(C)[C@H]1CCN(C(=O)[C@@H](NC(=O)NC2(CS(=O)(=O)C(C)(C)C)CCCCC2)C(C)(C)C)[C@@H]1C(=O)NC(CC1CCC1)C(=O)C(N)=O. The fourth-order valence-corrected chi connectivity index (χ4v) is 8.81. The van der Waals surface area contributed by atoms with E-state index in [1.165, 1.54) is 4.90 Å². The quantitative estimate of drug-likeness (QED) is 0.177. The molecule has 0 spiro atoms. The van der Waals surface area contributed by atoms with E-state index >= 15 is 0 Å². The highest BCUT2D eigenvalue weighted by atomic mass is 32.2. The molecule has 12 nitrogen and oxygen atoms in total. The summed E-state index contributed by atoms with van der Waals surface area (Å²) in [5.41, 5.74) is 2.73. The Labute approximate surface area is 293 Å². The van der Waals surface area contributed by atoms with Crippen molar-refractivity contribution in [2.45, 2.75) is 148 Å². The number of ketones is 1. The first-order valence-corrected chi connectivity index (χ1v) is 19.3. The van der Waals surface area contributed by atoms with Crippen molar-refractivity contribution < 1.29 is 32.4 Å². The van der Waals surface area contributed by atoms with E-state index in [2.05, 4.69) is 21.9 Å². The number of likely N-dealkylation sites (tertiary alicyclic amines) is 1. The smallest absolute Gasteiger partial charge is 0.315 e. The molecule has 49 heavy (non-hydrogen) atoms. The Morgan fingerprint density at radius 2 is 1.51 bits per heavy atom. The number of amides is 5. The van der Waals surface area contributed by atoms with E-state index in [0.717, 1.165) is 38.5 Å². The fraction of sp³-hybridized carbons (Fsp3) is 0.806. The molecule has 2 saturated carbocycles. The van der Waals surface area contributed by atoms with Crippen LogP contribution < -0.4 is 21.7 Å². The minimum atomic E-state index is -3.59. The van der Waals surface area contributed by atoms with E-state index in [4.69, 9.17) is 12.2 Å². The first-order valence-electron chi connectivity index (χ1n) is 17.7. The number of carbonyl (C=O) groups is 5. The lowest BCUT2D eigenvalue weighted by molar-refractivity contribution is -0.145. The first-order chi connectivity index (χ1) is 22.4. The van der Waals surface area contributed by atoms with Gasteiger partial charge in [0.05, 0.1) is 22.1 Å². The number of nitrogens with zero attached hydrogens (tertiary/aromatic N) is 1. The molecule has 1 unspecified atom stereocenters. The minimum Gasteiger partial charge on any atom is -0.363 e. The minimum absolute atomic E-state index is 0.173. The average Bonchev–Trinajstić information content (AvgIpc) is 3.41. The number of nitrogens with two attached hydrogens (primary N) is 1. The molecule has 4 atom stereocenters. The molecule has 5 amide bonds. The van der Waals surface area contributed by atoms with Gasteiger partial charge in [0, 0.05) is 17.9 Å². The molecule has 3 aliphatic rings. The maximum atomic E-state index is 14.5. The normalized spacial score (nSPS) is 23.0. The van der Waals surface area contributed by atoms with Gasteiger partial charge >= 0.3 is 6.03 Å². The number of hydrogen-bond acceptors (Lipinski definition) is 7. The Balaban J connectivity index is 1.92. The average molecular weight is 706 g/mol. The monoisotopic (exact) mass is 705 g/mol. The second-order valence-electron chi connectivity index (χ2n) is 17.2. The summed E-state index contributed by atoms with van der Waals surface area (Å²) in [5, 5.41) is 8.58. The zero-order valence-electron chi connectivity index (χ0n) is 30.7. The highest BCUT2D eigenvalue weighted by molar-refractivity contribution is 7.92. The van der Waals surface area contributed by atoms with Crippen LogP contribution in [0.1, 0.15) is 120 Å². The third-order valence-corrected chi connectivity index (χ3v) is 13.7. The molecule has 0 aromatic carbocycles. The summed E-state index contributed by atoms with van der Waals surface area (Å²) in [7, 11) is -3.59. The maximum Gasteiger partial charge on any atom is 0.315 e. The highest BCUT2D eigenvalue weighted by Gasteiger charge is 2.51. The first kappa shape index (κ1) is 40.3. The van der Waals surface area contributed by atoms with Crippen LogP contribution in [0.5, 0.6) is 0 Å². The van der Waals surface area contributed by atoms with Gasteiger partial charge in [0.2, 0.25) is 17.6 Å². The van der Waals surface area contributed by atoms with Crippen LogP contribution in [0.15, 0.2) is 0 Å². The Bertz CT molecular complexity index is 1430. The third kappa shape index (κ3) is 9.56. The van der Waals surface area contributed by atoms with Crippen LogP contribution in [0.3, 0.4) is 0 Å². The van der Waals surface area contributed by atoms with Crippen LogP contribution in [-0.4, -0.2) is 83.6 Å². The molecule has 1 heterocycles. The van der Waals surface area contributed by atoms with Gasteiger partial charge in [-0.3, -0.25) is 19.2 Å². The molecule has 0 radical (unpaired) electrons. The molecule has 3 fully saturated rings. The van der Waals surface area contributed by atoms with Crippen molar-refractivity contribution in [2.75, 3.05) is 12.3 Å². The highest BCUT2D eigenvalue weighted by Crippen LogP contribution is 2.40. The Kier molecular flexibility index (Phi) is 12.3. The molecule has 0 aromatic heterocycles. The summed E-state index contributed by atoms with van der Waals surface area (Å²) >= 11 is 0. The van der Waals surface area contributed by atoms with Gasteiger partial charge in [0.1, 0.15) is 12.1 Å². The number of primary amides is 1. The molecule has 3 rings (SSSR count). The Morgan fingerprint density at radius 3 is 1.98 bits per heavy atom. The number of nitrogens with one attached hydrogen (secondary N) is 3. The third-order valence-electron chi connectivity index (χ3n) is 10.9. The Morgan fingerprint density at radius 1 is 0.918 bits per heavy atom. The van der Waals surface area contributed by atoms with Crippen LogP contribution in [0.2, 0.25) is 0 Å². The van der Waals surface area contributed by atoms with E-state index in [9.17, 15) is 32.4 Å². The van der Waals surface area contributed by atoms with Crippen molar-refractivity contribution in [1.29, 1.82) is 0 Å². The van der Waals surface area contributed by atoms with Crippen LogP contribution in [0, 0.1) is 35.0 Å². The van der Waals surface area contributed by atoms with Crippen molar-refractivity contribution in [3.05, 3.63) is 0 Å². The molecule has 0 aromatic rings. The van der Waals surface area contributed by atoms with Crippen molar-refractivity contribution in [2.24, 2.45) is 28.4 Å². The van der Waals surface area contributed by atoms with Gasteiger partial charge in [-0.05, 0) is 71.6 Å². The van der Waals surface area contributed by atoms with Gasteiger partial charge in [-0.15, -0.1) is 12.3 Å². The molecule has 13 heteroatoms. The second-order valence-corrected chi connectivity index (χ2v) is 19.9. The molecule has 5 N–H and O–H groups in total. The van der Waals surface area contributed by atoms with Crippen molar-refractivity contribution in [1.82, 2.24) is 20.9 Å².